The molecule has 0 atom stereocenters. The van der Waals surface area contributed by atoms with Crippen LogP contribution in [-0.2, 0) is 4.79 Å². The number of rotatable bonds is 2. The van der Waals surface area contributed by atoms with E-state index in [0.717, 1.165) is 6.29 Å². The molecule has 0 saturated heterocycles. The SMILES string of the molecule is C[CH]CC=O. The van der Waals surface area contributed by atoms with E-state index in [9.17, 15) is 4.79 Å². The molecule has 1 nitrogen and oxygen atoms in total. The number of carbonyl (C=O) groups is 1. The van der Waals surface area contributed by atoms with Crippen LogP contribution in [0.3, 0.4) is 0 Å². The summed E-state index contributed by atoms with van der Waals surface area (Å²) in [6, 6.07) is 0. The number of unbranched alkanes of at least 4 members (excludes halogenated alkanes) is 1. The van der Waals surface area contributed by atoms with Gasteiger partial charge in [0.15, 0.2) is 0 Å². The third-order valence-corrected chi connectivity index (χ3v) is 0.332. The van der Waals surface area contributed by atoms with Crippen LogP contribution in [0.2, 0.25) is 0 Å². The van der Waals surface area contributed by atoms with Crippen LogP contribution in [0.5, 0.6) is 0 Å². The van der Waals surface area contributed by atoms with Gasteiger partial charge < -0.3 is 4.79 Å². The zero-order valence-corrected chi connectivity index (χ0v) is 3.27. The summed E-state index contributed by atoms with van der Waals surface area (Å²) < 4.78 is 0. The molecule has 0 aromatic carbocycles. The summed E-state index contributed by atoms with van der Waals surface area (Å²) in [5, 5.41) is 0. The van der Waals surface area contributed by atoms with Gasteiger partial charge in [-0.05, 0) is 6.42 Å². The van der Waals surface area contributed by atoms with E-state index in [2.05, 4.69) is 0 Å². The lowest BCUT2D eigenvalue weighted by molar-refractivity contribution is -0.107. The van der Waals surface area contributed by atoms with E-state index < -0.39 is 0 Å². The zero-order valence-electron chi connectivity index (χ0n) is 3.27. The smallest absolute Gasteiger partial charge is 0.120 e. The Hall–Kier alpha value is -0.330. The highest BCUT2D eigenvalue weighted by Crippen LogP contribution is 1.72. The fraction of sp³-hybridized carbons (Fsp3) is 0.500. The molecule has 0 heterocycles. The summed E-state index contributed by atoms with van der Waals surface area (Å²) in [5.41, 5.74) is 0. The maximum atomic E-state index is 9.37. The molecule has 0 fully saturated rings. The van der Waals surface area contributed by atoms with Crippen molar-refractivity contribution in [1.82, 2.24) is 0 Å². The van der Waals surface area contributed by atoms with Gasteiger partial charge in [-0.25, -0.2) is 0 Å². The van der Waals surface area contributed by atoms with Crippen LogP contribution in [0.25, 0.3) is 0 Å². The van der Waals surface area contributed by atoms with Crippen molar-refractivity contribution >= 4 is 6.29 Å². The normalized spacial score (nSPS) is 7.40. The van der Waals surface area contributed by atoms with E-state index in [1.807, 2.05) is 13.3 Å². The molecule has 1 heteroatoms. The lowest BCUT2D eigenvalue weighted by atomic mass is 10.4. The van der Waals surface area contributed by atoms with Crippen molar-refractivity contribution in [3.8, 4) is 0 Å². The van der Waals surface area contributed by atoms with Gasteiger partial charge in [-0.2, -0.15) is 0 Å². The average Bonchev–Trinajstić information content (AvgIpc) is 1.41. The Morgan fingerprint density at radius 3 is 2.40 bits per heavy atom. The molecule has 0 amide bonds. The van der Waals surface area contributed by atoms with Crippen molar-refractivity contribution in [3.63, 3.8) is 0 Å². The third kappa shape index (κ3) is 3.67. The summed E-state index contributed by atoms with van der Waals surface area (Å²) in [4.78, 5) is 9.37. The van der Waals surface area contributed by atoms with E-state index in [-0.39, 0.29) is 0 Å². The molecule has 0 spiro atoms. The van der Waals surface area contributed by atoms with Crippen LogP contribution in [-0.4, -0.2) is 6.29 Å². The maximum Gasteiger partial charge on any atom is 0.120 e. The second kappa shape index (κ2) is 3.67. The Labute approximate surface area is 32.0 Å². The Balaban J connectivity index is 2.40. The Kier molecular flexibility index (Phi) is 3.43. The highest BCUT2D eigenvalue weighted by atomic mass is 16.1. The molecule has 0 aliphatic carbocycles. The monoisotopic (exact) mass is 71.0 g/mol. The minimum Gasteiger partial charge on any atom is -0.303 e. The van der Waals surface area contributed by atoms with Gasteiger partial charge in [0.25, 0.3) is 0 Å². The van der Waals surface area contributed by atoms with E-state index >= 15 is 0 Å². The summed E-state index contributed by atoms with van der Waals surface area (Å²) >= 11 is 0. The van der Waals surface area contributed by atoms with Crippen LogP contribution >= 0.6 is 0 Å². The Morgan fingerprint density at radius 1 is 1.80 bits per heavy atom. The van der Waals surface area contributed by atoms with Gasteiger partial charge in [-0.15, -0.1) is 0 Å². The van der Waals surface area contributed by atoms with Gasteiger partial charge in [0.2, 0.25) is 0 Å². The summed E-state index contributed by atoms with van der Waals surface area (Å²) in [5.74, 6) is 0. The van der Waals surface area contributed by atoms with Crippen LogP contribution in [0.1, 0.15) is 13.3 Å². The predicted octanol–water partition coefficient (Wildman–Crippen LogP) is 0.800. The molecule has 0 aromatic heterocycles. The number of hydrogen-bond donors (Lipinski definition) is 0. The fourth-order valence-corrected chi connectivity index (χ4v) is 0.0962. The molecule has 0 bridgehead atoms. The molecule has 29 valence electrons. The second-order valence-electron chi connectivity index (χ2n) is 0.811. The van der Waals surface area contributed by atoms with Crippen molar-refractivity contribution in [3.05, 3.63) is 6.42 Å². The molecule has 0 aliphatic rings. The lowest BCUT2D eigenvalue weighted by Crippen LogP contribution is -1.66. The zero-order chi connectivity index (χ0) is 4.12. The van der Waals surface area contributed by atoms with E-state index in [1.54, 1.807) is 0 Å². The summed E-state index contributed by atoms with van der Waals surface area (Å²) in [7, 11) is 0. The van der Waals surface area contributed by atoms with Crippen LogP contribution in [0, 0.1) is 6.42 Å². The molecular weight excluding hydrogens is 64.0 g/mol. The van der Waals surface area contributed by atoms with Crippen LogP contribution < -0.4 is 0 Å². The quantitative estimate of drug-likeness (QED) is 0.440. The molecular formula is C4H7O. The first-order valence-corrected chi connectivity index (χ1v) is 1.63. The van der Waals surface area contributed by atoms with Crippen LogP contribution in [0.4, 0.5) is 0 Å². The number of carbonyl (C=O) groups excluding carboxylic acids is 1. The highest BCUT2D eigenvalue weighted by Gasteiger charge is 1.67. The van der Waals surface area contributed by atoms with Crippen molar-refractivity contribution in [1.29, 1.82) is 0 Å². The fourth-order valence-electron chi connectivity index (χ4n) is 0.0962. The van der Waals surface area contributed by atoms with Gasteiger partial charge in [-0.1, -0.05) is 6.92 Å². The number of hydrogen-bond acceptors (Lipinski definition) is 1. The largest absolute Gasteiger partial charge is 0.303 e. The molecule has 0 saturated carbocycles. The topological polar surface area (TPSA) is 17.1 Å². The molecule has 1 radical (unpaired) electrons. The van der Waals surface area contributed by atoms with E-state index in [4.69, 9.17) is 0 Å². The van der Waals surface area contributed by atoms with Gasteiger partial charge in [0.1, 0.15) is 6.29 Å². The Bertz CT molecular complexity index is 24.8. The Morgan fingerprint density at radius 2 is 2.40 bits per heavy atom. The van der Waals surface area contributed by atoms with Crippen molar-refractivity contribution in [2.75, 3.05) is 0 Å². The highest BCUT2D eigenvalue weighted by molar-refractivity contribution is 5.50. The standard InChI is InChI=1S/C4H7O/c1-2-3-4-5/h2,4H,3H2,1H3. The molecule has 0 unspecified atom stereocenters. The van der Waals surface area contributed by atoms with Gasteiger partial charge in [0.05, 0.1) is 0 Å². The minimum absolute atomic E-state index is 0.583. The van der Waals surface area contributed by atoms with E-state index in [1.165, 1.54) is 0 Å². The second-order valence-corrected chi connectivity index (χ2v) is 0.811. The van der Waals surface area contributed by atoms with Gasteiger partial charge in [-0.3, -0.25) is 0 Å². The van der Waals surface area contributed by atoms with Crippen molar-refractivity contribution < 1.29 is 4.79 Å². The average molecular weight is 71.1 g/mol. The first kappa shape index (κ1) is 4.67. The van der Waals surface area contributed by atoms with Crippen molar-refractivity contribution in [2.45, 2.75) is 13.3 Å². The maximum absolute atomic E-state index is 9.37. The first-order valence-electron chi connectivity index (χ1n) is 1.63. The van der Waals surface area contributed by atoms with E-state index in [0.29, 0.717) is 6.42 Å². The molecule has 0 rings (SSSR count). The van der Waals surface area contributed by atoms with Gasteiger partial charge in [0, 0.05) is 6.42 Å². The molecule has 0 aliphatic heterocycles. The summed E-state index contributed by atoms with van der Waals surface area (Å²) in [6.07, 6.45) is 3.27. The minimum atomic E-state index is 0.583. The third-order valence-electron chi connectivity index (χ3n) is 0.332. The van der Waals surface area contributed by atoms with Gasteiger partial charge >= 0.3 is 0 Å². The van der Waals surface area contributed by atoms with Crippen molar-refractivity contribution in [2.24, 2.45) is 0 Å². The first-order chi connectivity index (χ1) is 2.41. The molecule has 0 aromatic rings. The van der Waals surface area contributed by atoms with Crippen LogP contribution in [0.15, 0.2) is 0 Å². The number of aldehydes is 1. The summed E-state index contributed by atoms with van der Waals surface area (Å²) in [6.45, 7) is 1.86. The predicted molar refractivity (Wildman–Crippen MR) is 20.7 cm³/mol. The molecule has 5 heavy (non-hydrogen) atoms. The molecule has 0 N–H and O–H groups in total. The lowest BCUT2D eigenvalue weighted by Gasteiger charge is -1.67.